The fourth-order valence-corrected chi connectivity index (χ4v) is 5.63. The quantitative estimate of drug-likeness (QED) is 0.171. The van der Waals surface area contributed by atoms with Gasteiger partial charge < -0.3 is 36.7 Å². The zero-order chi connectivity index (χ0) is 34.7. The molecule has 4 heterocycles. The lowest BCUT2D eigenvalue weighted by Crippen LogP contribution is -2.48. The lowest BCUT2D eigenvalue weighted by molar-refractivity contribution is 0.0303. The summed E-state index contributed by atoms with van der Waals surface area (Å²) in [6.07, 6.45) is 4.59. The third-order valence-electron chi connectivity index (χ3n) is 6.83. The number of H-pyrrole nitrogens is 1. The highest BCUT2D eigenvalue weighted by Gasteiger charge is 2.35. The van der Waals surface area contributed by atoms with E-state index in [0.717, 1.165) is 23.6 Å². The monoisotopic (exact) mass is 782 g/mol. The van der Waals surface area contributed by atoms with Crippen LogP contribution < -0.4 is 22.1 Å². The van der Waals surface area contributed by atoms with Gasteiger partial charge in [-0.15, -0.1) is 0 Å². The smallest absolute Gasteiger partial charge is 0.407 e. The first-order chi connectivity index (χ1) is 21.9. The van der Waals surface area contributed by atoms with Gasteiger partial charge in [-0.1, -0.05) is 0 Å². The van der Waals surface area contributed by atoms with Gasteiger partial charge in [0.15, 0.2) is 11.3 Å². The summed E-state index contributed by atoms with van der Waals surface area (Å²) in [5.41, 5.74) is 11.8. The van der Waals surface area contributed by atoms with Gasteiger partial charge in [-0.25, -0.2) is 34.2 Å². The zero-order valence-electron chi connectivity index (χ0n) is 26.9. The normalized spacial score (nSPS) is 20.4. The summed E-state index contributed by atoms with van der Waals surface area (Å²) in [6.45, 7) is 11.0. The number of ether oxygens (including phenoxy) is 2. The first kappa shape index (κ1) is 36.0. The highest BCUT2D eigenvalue weighted by molar-refractivity contribution is 9.10. The number of fused-ring (bicyclic) bond motifs is 2. The first-order valence-corrected chi connectivity index (χ1v) is 16.4. The Morgan fingerprint density at radius 2 is 1.38 bits per heavy atom. The number of nitrogens with one attached hydrogen (secondary N) is 3. The Bertz CT molecular complexity index is 1710. The minimum atomic E-state index is -0.495. The number of carbonyl (C=O) groups excluding carboxylic acids is 2. The fraction of sp³-hybridized carbons (Fsp3) is 0.571. The Balaban J connectivity index is 0.000000176. The summed E-state index contributed by atoms with van der Waals surface area (Å²) < 4.78 is 13.5. The van der Waals surface area contributed by atoms with Crippen LogP contribution in [0, 0.1) is 0 Å². The topological polar surface area (TPSA) is 247 Å². The van der Waals surface area contributed by atoms with Gasteiger partial charge in [0.1, 0.15) is 44.7 Å². The number of aliphatic hydroxyl groups excluding tert-OH is 1. The molecule has 6 rings (SSSR count). The van der Waals surface area contributed by atoms with Crippen LogP contribution in [0.5, 0.6) is 0 Å². The molecule has 0 spiro atoms. The summed E-state index contributed by atoms with van der Waals surface area (Å²) in [4.78, 5) is 38.9. The van der Waals surface area contributed by atoms with E-state index < -0.39 is 17.3 Å². The van der Waals surface area contributed by atoms with E-state index in [9.17, 15) is 9.59 Å². The number of anilines is 2. The number of amides is 2. The maximum Gasteiger partial charge on any atom is 0.407 e. The number of alkyl carbamates (subject to hydrolysis) is 2. The SMILES string of the molecule is CC(C)(C)OC(=O)NC1CC(O)C1.CC(C)(C)OC(=O)NC1CC(n2nc(Br)c3c(N)ncnc32)C1.Nc1ncnc2n[nH]c(Br)c12. The Morgan fingerprint density at radius 3 is 1.89 bits per heavy atom. The number of carbonyl (C=O) groups is 2. The van der Waals surface area contributed by atoms with Crippen LogP contribution >= 0.6 is 31.9 Å². The standard InChI is InChI=1S/C14H19BrN6O2.C9H17NO3.C5H4BrN5/c1-14(2,3)23-13(22)19-7-4-8(5-7)21-12-9(10(15)20-21)11(16)17-6-18-12;1-9(2,3)13-8(12)10-6-4-7(11)5-6;6-3-2-4(7)8-1-9-5(2)11-10-3/h6-8H,4-5H2,1-3H3,(H,19,22)(H2,16,17,18);6-7,11H,4-5H2,1-3H3,(H,10,12);1H,(H3,7,8,9,10,11). The number of halogens is 2. The molecule has 47 heavy (non-hydrogen) atoms. The van der Waals surface area contributed by atoms with Crippen LogP contribution in [0.25, 0.3) is 22.1 Å². The number of rotatable bonds is 3. The molecule has 0 radical (unpaired) electrons. The van der Waals surface area contributed by atoms with Gasteiger partial charge in [-0.2, -0.15) is 10.2 Å². The van der Waals surface area contributed by atoms with Crippen molar-refractivity contribution in [1.29, 1.82) is 0 Å². The number of aromatic amines is 1. The number of hydrogen-bond acceptors (Lipinski definition) is 13. The predicted octanol–water partition coefficient (Wildman–Crippen LogP) is 4.13. The molecule has 0 bridgehead atoms. The van der Waals surface area contributed by atoms with Gasteiger partial charge in [0.05, 0.1) is 22.9 Å². The molecule has 8 N–H and O–H groups in total. The third kappa shape index (κ3) is 9.83. The second-order valence-electron chi connectivity index (χ2n) is 13.1. The largest absolute Gasteiger partial charge is 0.444 e. The lowest BCUT2D eigenvalue weighted by atomic mass is 9.87. The number of hydrogen-bond donors (Lipinski definition) is 6. The van der Waals surface area contributed by atoms with E-state index >= 15 is 0 Å². The number of nitrogen functional groups attached to an aromatic ring is 2. The van der Waals surface area contributed by atoms with Crippen molar-refractivity contribution >= 4 is 77.7 Å². The summed E-state index contributed by atoms with van der Waals surface area (Å²) in [6, 6.07) is 0.329. The first-order valence-electron chi connectivity index (χ1n) is 14.8. The molecule has 2 aliphatic carbocycles. The van der Waals surface area contributed by atoms with E-state index in [2.05, 4.69) is 77.7 Å². The van der Waals surface area contributed by atoms with Gasteiger partial charge in [0, 0.05) is 12.1 Å². The summed E-state index contributed by atoms with van der Waals surface area (Å²) >= 11 is 6.64. The van der Waals surface area contributed by atoms with Crippen molar-refractivity contribution < 1.29 is 24.2 Å². The number of aromatic nitrogens is 8. The average Bonchev–Trinajstić information content (AvgIpc) is 3.45. The van der Waals surface area contributed by atoms with Crippen molar-refractivity contribution in [3.63, 3.8) is 0 Å². The van der Waals surface area contributed by atoms with Crippen LogP contribution in [-0.2, 0) is 9.47 Å². The molecule has 2 saturated carbocycles. The van der Waals surface area contributed by atoms with Gasteiger partial charge >= 0.3 is 12.2 Å². The maximum atomic E-state index is 11.8. The molecule has 0 atom stereocenters. The van der Waals surface area contributed by atoms with Crippen LogP contribution in [-0.4, -0.2) is 86.6 Å². The van der Waals surface area contributed by atoms with Crippen molar-refractivity contribution in [1.82, 2.24) is 50.5 Å². The maximum absolute atomic E-state index is 11.8. The highest BCUT2D eigenvalue weighted by atomic mass is 79.9. The number of nitrogens with zero attached hydrogens (tertiary/aromatic N) is 7. The third-order valence-corrected chi connectivity index (χ3v) is 7.95. The highest BCUT2D eigenvalue weighted by Crippen LogP contribution is 2.36. The molecule has 2 fully saturated rings. The molecule has 4 aromatic heterocycles. The Morgan fingerprint density at radius 1 is 0.872 bits per heavy atom. The second-order valence-corrected chi connectivity index (χ2v) is 14.7. The van der Waals surface area contributed by atoms with Crippen molar-refractivity contribution in [3.05, 3.63) is 21.9 Å². The van der Waals surface area contributed by atoms with Gasteiger partial charge in [-0.05, 0) is 99.1 Å². The molecule has 0 saturated heterocycles. The Hall–Kier alpha value is -3.84. The molecule has 0 aromatic carbocycles. The minimum Gasteiger partial charge on any atom is -0.444 e. The average molecular weight is 785 g/mol. The molecule has 2 amide bonds. The molecule has 19 heteroatoms. The van der Waals surface area contributed by atoms with Gasteiger partial charge in [0.2, 0.25) is 0 Å². The van der Waals surface area contributed by atoms with Crippen LogP contribution in [0.3, 0.4) is 0 Å². The molecule has 256 valence electrons. The number of nitrogens with two attached hydrogens (primary N) is 2. The van der Waals surface area contributed by atoms with Gasteiger partial charge in [-0.3, -0.25) is 5.10 Å². The molecule has 2 aliphatic rings. The van der Waals surface area contributed by atoms with E-state index in [-0.39, 0.29) is 30.3 Å². The minimum absolute atomic E-state index is 0.0760. The summed E-state index contributed by atoms with van der Waals surface area (Å²) in [7, 11) is 0. The van der Waals surface area contributed by atoms with E-state index in [1.54, 1.807) is 0 Å². The molecular weight excluding hydrogens is 744 g/mol. The van der Waals surface area contributed by atoms with Crippen molar-refractivity contribution in [2.75, 3.05) is 11.5 Å². The van der Waals surface area contributed by atoms with Crippen molar-refractivity contribution in [3.8, 4) is 0 Å². The summed E-state index contributed by atoms with van der Waals surface area (Å²) in [5.74, 6) is 0.825. The summed E-state index contributed by atoms with van der Waals surface area (Å²) in [5, 5.41) is 27.0. The molecule has 17 nitrogen and oxygen atoms in total. The predicted molar refractivity (Wildman–Crippen MR) is 181 cm³/mol. The van der Waals surface area contributed by atoms with Crippen molar-refractivity contribution in [2.45, 2.75) is 103 Å². The van der Waals surface area contributed by atoms with Crippen LogP contribution in [0.15, 0.2) is 21.9 Å². The van der Waals surface area contributed by atoms with Crippen LogP contribution in [0.2, 0.25) is 0 Å². The molecule has 0 aliphatic heterocycles. The Kier molecular flexibility index (Phi) is 11.1. The molecule has 4 aromatic rings. The van der Waals surface area contributed by atoms with E-state index in [0.29, 0.717) is 45.0 Å². The van der Waals surface area contributed by atoms with Gasteiger partial charge in [0.25, 0.3) is 0 Å². The van der Waals surface area contributed by atoms with E-state index in [4.69, 9.17) is 26.0 Å². The van der Waals surface area contributed by atoms with Crippen LogP contribution in [0.1, 0.15) is 73.3 Å². The van der Waals surface area contributed by atoms with E-state index in [1.807, 2.05) is 46.2 Å². The van der Waals surface area contributed by atoms with E-state index in [1.165, 1.54) is 12.7 Å². The number of aliphatic hydroxyl groups is 1. The van der Waals surface area contributed by atoms with Crippen molar-refractivity contribution in [2.24, 2.45) is 0 Å². The van der Waals surface area contributed by atoms with Crippen LogP contribution in [0.4, 0.5) is 21.2 Å². The molecule has 0 unspecified atom stereocenters. The second kappa shape index (κ2) is 14.5. The fourth-order valence-electron chi connectivity index (χ4n) is 4.61. The Labute approximate surface area is 287 Å². The lowest BCUT2D eigenvalue weighted by Gasteiger charge is -2.36. The zero-order valence-corrected chi connectivity index (χ0v) is 30.1. The molecular formula is C28H40Br2N12O5.